The van der Waals surface area contributed by atoms with Gasteiger partial charge in [0.1, 0.15) is 11.5 Å². The second kappa shape index (κ2) is 8.73. The average Bonchev–Trinajstić information content (AvgIpc) is 2.93. The van der Waals surface area contributed by atoms with E-state index in [1.807, 2.05) is 32.9 Å². The molecule has 2 rings (SSSR count). The van der Waals surface area contributed by atoms with Gasteiger partial charge in [-0.3, -0.25) is 14.4 Å². The van der Waals surface area contributed by atoms with Crippen LogP contribution >= 0.6 is 0 Å². The van der Waals surface area contributed by atoms with E-state index in [0.29, 0.717) is 17.1 Å². The maximum Gasteiger partial charge on any atom is 0.255 e. The van der Waals surface area contributed by atoms with Gasteiger partial charge in [-0.2, -0.15) is 0 Å². The van der Waals surface area contributed by atoms with Crippen molar-refractivity contribution < 1.29 is 18.8 Å². The largest absolute Gasteiger partial charge is 0.466 e. The first-order chi connectivity index (χ1) is 13.1. The summed E-state index contributed by atoms with van der Waals surface area (Å²) in [5, 5.41) is 5.42. The lowest BCUT2D eigenvalue weighted by Gasteiger charge is -2.18. The van der Waals surface area contributed by atoms with Gasteiger partial charge in [-0.1, -0.05) is 17.7 Å². The molecule has 150 valence electrons. The molecule has 2 N–H and O–H groups in total. The smallest absolute Gasteiger partial charge is 0.255 e. The Balaban J connectivity index is 1.89. The van der Waals surface area contributed by atoms with Crippen LogP contribution in [0.15, 0.2) is 22.6 Å². The number of hydrogen-bond acceptors (Lipinski definition) is 4. The van der Waals surface area contributed by atoms with E-state index in [9.17, 15) is 14.4 Å². The summed E-state index contributed by atoms with van der Waals surface area (Å²) < 4.78 is 5.32. The van der Waals surface area contributed by atoms with Crippen LogP contribution in [0, 0.1) is 34.6 Å². The summed E-state index contributed by atoms with van der Waals surface area (Å²) >= 11 is 0. The number of nitrogens with one attached hydrogen (secondary N) is 2. The molecule has 0 unspecified atom stereocenters. The Bertz CT molecular complexity index is 891. The molecular weight excluding hydrogens is 358 g/mol. The number of furan rings is 1. The number of carbonyl (C=O) groups is 3. The third-order valence-corrected chi connectivity index (χ3v) is 4.43. The molecule has 0 aliphatic heterocycles. The first-order valence-electron chi connectivity index (χ1n) is 9.05. The Morgan fingerprint density at radius 1 is 1.00 bits per heavy atom. The predicted octanol–water partition coefficient (Wildman–Crippen LogP) is 2.65. The van der Waals surface area contributed by atoms with Crippen molar-refractivity contribution in [3.05, 3.63) is 52.0 Å². The second-order valence-electron chi connectivity index (χ2n) is 7.08. The molecule has 0 atom stereocenters. The highest BCUT2D eigenvalue weighted by molar-refractivity contribution is 5.99. The van der Waals surface area contributed by atoms with E-state index in [-0.39, 0.29) is 30.8 Å². The first-order valence-corrected chi connectivity index (χ1v) is 9.05. The number of rotatable bonds is 6. The fourth-order valence-corrected chi connectivity index (χ4v) is 3.10. The zero-order valence-corrected chi connectivity index (χ0v) is 17.2. The van der Waals surface area contributed by atoms with Crippen LogP contribution in [0.2, 0.25) is 0 Å². The maximum absolute atomic E-state index is 12.3. The molecule has 0 saturated carbocycles. The summed E-state index contributed by atoms with van der Waals surface area (Å²) in [5.74, 6) is 0.0900. The lowest BCUT2D eigenvalue weighted by Crippen LogP contribution is -2.41. The lowest BCUT2D eigenvalue weighted by atomic mass is 10.1. The molecule has 1 heterocycles. The van der Waals surface area contributed by atoms with E-state index >= 15 is 0 Å². The standard InChI is InChI=1S/C21H27N3O4/c1-12-7-13(2)20(14(3)8-12)23-18(25)11-24(6)19(26)10-22-21(27)17-9-15(4)28-16(17)5/h7-9H,10-11H2,1-6H3,(H,22,27)(H,23,25). The molecule has 0 spiro atoms. The normalized spacial score (nSPS) is 10.5. The van der Waals surface area contributed by atoms with Crippen molar-refractivity contribution in [3.63, 3.8) is 0 Å². The highest BCUT2D eigenvalue weighted by Crippen LogP contribution is 2.21. The SMILES string of the molecule is Cc1cc(C)c(NC(=O)CN(C)C(=O)CNC(=O)c2cc(C)oc2C)c(C)c1. The van der Waals surface area contributed by atoms with E-state index in [1.165, 1.54) is 11.9 Å². The van der Waals surface area contributed by atoms with Gasteiger partial charge in [0.2, 0.25) is 11.8 Å². The minimum absolute atomic E-state index is 0.106. The summed E-state index contributed by atoms with van der Waals surface area (Å²) in [6.07, 6.45) is 0. The van der Waals surface area contributed by atoms with Gasteiger partial charge in [-0.15, -0.1) is 0 Å². The van der Waals surface area contributed by atoms with Gasteiger partial charge < -0.3 is 20.0 Å². The molecule has 3 amide bonds. The predicted molar refractivity (Wildman–Crippen MR) is 107 cm³/mol. The third kappa shape index (κ3) is 5.22. The third-order valence-electron chi connectivity index (χ3n) is 4.43. The van der Waals surface area contributed by atoms with E-state index in [0.717, 1.165) is 22.4 Å². The van der Waals surface area contributed by atoms with Crippen molar-refractivity contribution in [1.82, 2.24) is 10.2 Å². The number of hydrogen-bond donors (Lipinski definition) is 2. The Morgan fingerprint density at radius 3 is 2.14 bits per heavy atom. The van der Waals surface area contributed by atoms with E-state index in [2.05, 4.69) is 10.6 Å². The molecule has 28 heavy (non-hydrogen) atoms. The minimum Gasteiger partial charge on any atom is -0.466 e. The summed E-state index contributed by atoms with van der Waals surface area (Å²) in [7, 11) is 1.52. The van der Waals surface area contributed by atoms with Crippen molar-refractivity contribution in [2.75, 3.05) is 25.5 Å². The Morgan fingerprint density at radius 2 is 1.61 bits per heavy atom. The molecule has 2 aromatic rings. The van der Waals surface area contributed by atoms with Crippen molar-refractivity contribution >= 4 is 23.4 Å². The molecular formula is C21H27N3O4. The van der Waals surface area contributed by atoms with Gasteiger partial charge in [-0.25, -0.2) is 0 Å². The van der Waals surface area contributed by atoms with Gasteiger partial charge in [0.05, 0.1) is 18.7 Å². The molecule has 7 nitrogen and oxygen atoms in total. The van der Waals surface area contributed by atoms with Crippen LogP contribution in [0.3, 0.4) is 0 Å². The Kier molecular flexibility index (Phi) is 6.62. The molecule has 0 bridgehead atoms. The average molecular weight is 385 g/mol. The molecule has 0 fully saturated rings. The van der Waals surface area contributed by atoms with Crippen LogP contribution < -0.4 is 10.6 Å². The first kappa shape index (κ1) is 21.2. The van der Waals surface area contributed by atoms with Crippen LogP contribution in [-0.4, -0.2) is 42.8 Å². The van der Waals surface area contributed by atoms with Gasteiger partial charge in [0.15, 0.2) is 0 Å². The maximum atomic E-state index is 12.3. The number of nitrogens with zero attached hydrogens (tertiary/aromatic N) is 1. The van der Waals surface area contributed by atoms with Crippen molar-refractivity contribution in [2.45, 2.75) is 34.6 Å². The second-order valence-corrected chi connectivity index (χ2v) is 7.08. The van der Waals surface area contributed by atoms with E-state index in [4.69, 9.17) is 4.42 Å². The van der Waals surface area contributed by atoms with E-state index in [1.54, 1.807) is 19.9 Å². The minimum atomic E-state index is -0.383. The van der Waals surface area contributed by atoms with Crippen molar-refractivity contribution in [3.8, 4) is 0 Å². The van der Waals surface area contributed by atoms with Crippen LogP contribution in [0.1, 0.15) is 38.6 Å². The van der Waals surface area contributed by atoms with Crippen LogP contribution in [0.5, 0.6) is 0 Å². The zero-order valence-electron chi connectivity index (χ0n) is 17.2. The Hall–Kier alpha value is -3.09. The Labute approximate surface area is 165 Å². The van der Waals surface area contributed by atoms with Crippen molar-refractivity contribution in [1.29, 1.82) is 0 Å². The topological polar surface area (TPSA) is 91.7 Å². The quantitative estimate of drug-likeness (QED) is 0.800. The molecule has 0 radical (unpaired) electrons. The van der Waals surface area contributed by atoms with Gasteiger partial charge in [-0.05, 0) is 51.8 Å². The number of amides is 3. The monoisotopic (exact) mass is 385 g/mol. The molecule has 1 aromatic heterocycles. The number of carbonyl (C=O) groups excluding carboxylic acids is 3. The molecule has 7 heteroatoms. The van der Waals surface area contributed by atoms with Crippen LogP contribution in [-0.2, 0) is 9.59 Å². The van der Waals surface area contributed by atoms with Crippen LogP contribution in [0.4, 0.5) is 5.69 Å². The molecule has 0 aliphatic carbocycles. The van der Waals surface area contributed by atoms with Crippen molar-refractivity contribution in [2.24, 2.45) is 0 Å². The zero-order chi connectivity index (χ0) is 21.0. The highest BCUT2D eigenvalue weighted by Gasteiger charge is 2.18. The summed E-state index contributed by atoms with van der Waals surface area (Å²) in [5.41, 5.74) is 4.22. The highest BCUT2D eigenvalue weighted by atomic mass is 16.3. The molecule has 1 aromatic carbocycles. The summed E-state index contributed by atoms with van der Waals surface area (Å²) in [6.45, 7) is 8.99. The summed E-state index contributed by atoms with van der Waals surface area (Å²) in [4.78, 5) is 38.0. The van der Waals surface area contributed by atoms with Gasteiger partial charge >= 0.3 is 0 Å². The summed E-state index contributed by atoms with van der Waals surface area (Å²) in [6, 6.07) is 5.61. The molecule has 0 aliphatic rings. The fraction of sp³-hybridized carbons (Fsp3) is 0.381. The van der Waals surface area contributed by atoms with E-state index < -0.39 is 0 Å². The molecule has 0 saturated heterocycles. The number of aryl methyl sites for hydroxylation is 5. The number of benzene rings is 1. The number of likely N-dealkylation sites (N-methyl/N-ethyl adjacent to an activating group) is 1. The fourth-order valence-electron chi connectivity index (χ4n) is 3.10. The van der Waals surface area contributed by atoms with Crippen LogP contribution in [0.25, 0.3) is 0 Å². The van der Waals surface area contributed by atoms with Gasteiger partial charge in [0.25, 0.3) is 5.91 Å². The van der Waals surface area contributed by atoms with Gasteiger partial charge in [0, 0.05) is 12.7 Å². The number of anilines is 1. The lowest BCUT2D eigenvalue weighted by molar-refractivity contribution is -0.132.